The van der Waals surface area contributed by atoms with Gasteiger partial charge >= 0.3 is 0 Å². The lowest BCUT2D eigenvalue weighted by atomic mass is 10.3. The zero-order valence-corrected chi connectivity index (χ0v) is 14.4. The van der Waals surface area contributed by atoms with Gasteiger partial charge in [-0.15, -0.1) is 5.10 Å². The van der Waals surface area contributed by atoms with Crippen molar-refractivity contribution in [1.82, 2.24) is 25.0 Å². The number of fused-ring (bicyclic) bond motifs is 1. The summed E-state index contributed by atoms with van der Waals surface area (Å²) in [4.78, 5) is 20.6. The molecule has 5 rings (SSSR count). The third kappa shape index (κ3) is 2.71. The summed E-state index contributed by atoms with van der Waals surface area (Å²) >= 11 is 0. The number of rotatable bonds is 3. The second-order valence-electron chi connectivity index (χ2n) is 6.61. The van der Waals surface area contributed by atoms with E-state index in [-0.39, 0.29) is 5.91 Å². The van der Waals surface area contributed by atoms with Crippen LogP contribution in [-0.2, 0) is 6.54 Å². The molecule has 136 valence electrons. The van der Waals surface area contributed by atoms with Crippen LogP contribution in [0.25, 0.3) is 5.69 Å². The summed E-state index contributed by atoms with van der Waals surface area (Å²) in [6, 6.07) is 7.22. The Bertz CT molecular complexity index is 989. The maximum atomic E-state index is 13.4. The lowest BCUT2D eigenvalue weighted by molar-refractivity contribution is 0.0995. The van der Waals surface area contributed by atoms with Crippen LogP contribution in [-0.4, -0.2) is 50.1 Å². The molecule has 0 bridgehead atoms. The molecule has 8 nitrogen and oxygen atoms in total. The van der Waals surface area contributed by atoms with Crippen molar-refractivity contribution in [2.24, 2.45) is 0 Å². The predicted octanol–water partition coefficient (Wildman–Crippen LogP) is 1.77. The number of amides is 1. The molecule has 3 aromatic rings. The number of nitrogens with zero attached hydrogens (tertiary/aromatic N) is 7. The molecular formula is C18H16FN7O. The molecule has 5 heterocycles. The van der Waals surface area contributed by atoms with Gasteiger partial charge < -0.3 is 4.90 Å². The van der Waals surface area contributed by atoms with Gasteiger partial charge in [-0.3, -0.25) is 9.69 Å². The highest BCUT2D eigenvalue weighted by molar-refractivity contribution is 6.09. The highest BCUT2D eigenvalue weighted by atomic mass is 19.1. The number of carbonyl (C=O) groups is 1. The molecular weight excluding hydrogens is 349 g/mol. The van der Waals surface area contributed by atoms with Crippen molar-refractivity contribution >= 4 is 17.5 Å². The first-order valence-corrected chi connectivity index (χ1v) is 8.72. The smallest absolute Gasteiger partial charge is 0.263 e. The van der Waals surface area contributed by atoms with E-state index in [1.807, 2.05) is 17.0 Å². The average molecular weight is 365 g/mol. The second kappa shape index (κ2) is 6.11. The first kappa shape index (κ1) is 15.9. The quantitative estimate of drug-likeness (QED) is 0.704. The molecule has 1 saturated heterocycles. The maximum Gasteiger partial charge on any atom is 0.263 e. The monoisotopic (exact) mass is 365 g/mol. The van der Waals surface area contributed by atoms with Crippen LogP contribution in [0.4, 0.5) is 16.0 Å². The van der Waals surface area contributed by atoms with E-state index in [1.54, 1.807) is 40.3 Å². The number of alkyl halides is 1. The molecule has 0 saturated carbocycles. The lowest BCUT2D eigenvalue weighted by Crippen LogP contribution is -2.25. The molecule has 1 fully saturated rings. The largest absolute Gasteiger partial charge is 0.354 e. The van der Waals surface area contributed by atoms with Crippen molar-refractivity contribution in [2.75, 3.05) is 22.9 Å². The van der Waals surface area contributed by atoms with Gasteiger partial charge in [0.05, 0.1) is 36.2 Å². The molecule has 0 spiro atoms. The molecule has 1 amide bonds. The van der Waals surface area contributed by atoms with Crippen LogP contribution in [0.2, 0.25) is 0 Å². The molecule has 2 aliphatic heterocycles. The normalized spacial score (nSPS) is 19.0. The topological polar surface area (TPSA) is 80.0 Å². The molecule has 3 aromatic heterocycles. The van der Waals surface area contributed by atoms with Gasteiger partial charge in [0.25, 0.3) is 5.91 Å². The number of hydrogen-bond acceptors (Lipinski definition) is 6. The standard InChI is InChI=1S/C18H16FN7O/c19-12-5-7-24(9-12)16-4-3-13(8-20-16)26-10-14-15(23-26)11-25(18(14)27)17-2-1-6-21-22-17/h1-4,6,8,10,12H,5,7,9,11H2/t12-/m0/s1. The van der Waals surface area contributed by atoms with Gasteiger partial charge in [-0.1, -0.05) is 0 Å². The van der Waals surface area contributed by atoms with E-state index >= 15 is 0 Å². The van der Waals surface area contributed by atoms with Crippen molar-refractivity contribution in [3.8, 4) is 5.69 Å². The maximum absolute atomic E-state index is 13.4. The minimum atomic E-state index is -0.788. The Kier molecular flexibility index (Phi) is 3.59. The first-order valence-electron chi connectivity index (χ1n) is 8.72. The molecule has 1 atom stereocenters. The van der Waals surface area contributed by atoms with Crippen LogP contribution in [0, 0.1) is 0 Å². The van der Waals surface area contributed by atoms with Crippen LogP contribution in [0.1, 0.15) is 22.5 Å². The minimum Gasteiger partial charge on any atom is -0.354 e. The summed E-state index contributed by atoms with van der Waals surface area (Å²) in [6.07, 6.45) is 4.71. The van der Waals surface area contributed by atoms with Crippen molar-refractivity contribution < 1.29 is 9.18 Å². The van der Waals surface area contributed by atoms with Crippen molar-refractivity contribution in [2.45, 2.75) is 19.1 Å². The van der Waals surface area contributed by atoms with Gasteiger partial charge in [0.15, 0.2) is 5.82 Å². The summed E-state index contributed by atoms with van der Waals surface area (Å²) < 4.78 is 15.0. The van der Waals surface area contributed by atoms with E-state index in [0.29, 0.717) is 43.1 Å². The third-order valence-corrected chi connectivity index (χ3v) is 4.86. The second-order valence-corrected chi connectivity index (χ2v) is 6.61. The van der Waals surface area contributed by atoms with E-state index < -0.39 is 6.17 Å². The van der Waals surface area contributed by atoms with Crippen molar-refractivity contribution in [1.29, 1.82) is 0 Å². The van der Waals surface area contributed by atoms with E-state index in [0.717, 1.165) is 11.5 Å². The number of carbonyl (C=O) groups excluding carboxylic acids is 1. The number of pyridine rings is 1. The molecule has 2 aliphatic rings. The van der Waals surface area contributed by atoms with Crippen LogP contribution < -0.4 is 9.80 Å². The molecule has 9 heteroatoms. The van der Waals surface area contributed by atoms with Crippen molar-refractivity contribution in [3.05, 3.63) is 54.1 Å². The lowest BCUT2D eigenvalue weighted by Gasteiger charge is -2.16. The Labute approximate surface area is 154 Å². The Balaban J connectivity index is 1.37. The number of halogens is 1. The molecule has 0 aromatic carbocycles. The van der Waals surface area contributed by atoms with E-state index in [4.69, 9.17) is 0 Å². The zero-order valence-electron chi connectivity index (χ0n) is 14.4. The summed E-state index contributed by atoms with van der Waals surface area (Å²) in [5.74, 6) is 1.12. The fourth-order valence-electron chi connectivity index (χ4n) is 3.45. The Morgan fingerprint density at radius 1 is 1.19 bits per heavy atom. The minimum absolute atomic E-state index is 0.146. The zero-order chi connectivity index (χ0) is 18.4. The predicted molar refractivity (Wildman–Crippen MR) is 95.6 cm³/mol. The van der Waals surface area contributed by atoms with Gasteiger partial charge in [-0.05, 0) is 30.7 Å². The fourth-order valence-corrected chi connectivity index (χ4v) is 3.45. The van der Waals surface area contributed by atoms with Crippen LogP contribution in [0.5, 0.6) is 0 Å². The number of anilines is 2. The Morgan fingerprint density at radius 3 is 2.78 bits per heavy atom. The van der Waals surface area contributed by atoms with Gasteiger partial charge in [0.2, 0.25) is 0 Å². The SMILES string of the molecule is O=C1c2cn(-c3ccc(N4CC[C@H](F)C4)nc3)nc2CN1c1cccnn1. The molecule has 0 unspecified atom stereocenters. The third-order valence-electron chi connectivity index (χ3n) is 4.86. The van der Waals surface area contributed by atoms with E-state index in [2.05, 4.69) is 20.3 Å². The van der Waals surface area contributed by atoms with Crippen LogP contribution in [0.15, 0.2) is 42.9 Å². The average Bonchev–Trinajstić information content (AvgIpc) is 3.39. The summed E-state index contributed by atoms with van der Waals surface area (Å²) in [7, 11) is 0. The van der Waals surface area contributed by atoms with Crippen LogP contribution in [0.3, 0.4) is 0 Å². The van der Waals surface area contributed by atoms with E-state index in [9.17, 15) is 9.18 Å². The highest BCUT2D eigenvalue weighted by Gasteiger charge is 2.33. The molecule has 0 radical (unpaired) electrons. The van der Waals surface area contributed by atoms with Gasteiger partial charge in [-0.2, -0.15) is 10.2 Å². The summed E-state index contributed by atoms with van der Waals surface area (Å²) in [6.45, 7) is 1.42. The number of aromatic nitrogens is 5. The van der Waals surface area contributed by atoms with Crippen LogP contribution >= 0.6 is 0 Å². The summed E-state index contributed by atoms with van der Waals surface area (Å²) in [5.41, 5.74) is 1.99. The molecule has 0 N–H and O–H groups in total. The van der Waals surface area contributed by atoms with Crippen molar-refractivity contribution in [3.63, 3.8) is 0 Å². The van der Waals surface area contributed by atoms with Gasteiger partial charge in [-0.25, -0.2) is 14.1 Å². The van der Waals surface area contributed by atoms with Gasteiger partial charge in [0.1, 0.15) is 12.0 Å². The summed E-state index contributed by atoms with van der Waals surface area (Å²) in [5, 5.41) is 12.3. The first-order chi connectivity index (χ1) is 13.2. The van der Waals surface area contributed by atoms with E-state index in [1.165, 1.54) is 0 Å². The Hall–Kier alpha value is -3.36. The Morgan fingerprint density at radius 2 is 2.11 bits per heavy atom. The number of hydrogen-bond donors (Lipinski definition) is 0. The molecule has 27 heavy (non-hydrogen) atoms. The fraction of sp³-hybridized carbons (Fsp3) is 0.278. The molecule has 0 aliphatic carbocycles. The highest BCUT2D eigenvalue weighted by Crippen LogP contribution is 2.27. The van der Waals surface area contributed by atoms with Gasteiger partial charge in [0, 0.05) is 18.9 Å².